The summed E-state index contributed by atoms with van der Waals surface area (Å²) in [5.41, 5.74) is 3.40. The van der Waals surface area contributed by atoms with Gasteiger partial charge in [0.1, 0.15) is 11.4 Å². The zero-order valence-electron chi connectivity index (χ0n) is 16.5. The van der Waals surface area contributed by atoms with Crippen LogP contribution in [0.2, 0.25) is 0 Å². The lowest BCUT2D eigenvalue weighted by molar-refractivity contribution is -0.00545. The largest absolute Gasteiger partial charge is 0.372 e. The van der Waals surface area contributed by atoms with Crippen LogP contribution in [-0.4, -0.2) is 50.8 Å². The molecular weight excluding hydrogens is 356 g/mol. The number of rotatable bonds is 3. The Labute approximate surface area is 163 Å². The van der Waals surface area contributed by atoms with Crippen molar-refractivity contribution in [1.82, 2.24) is 19.6 Å². The molecule has 0 saturated carbocycles. The van der Waals surface area contributed by atoms with Crippen LogP contribution in [0, 0.1) is 13.8 Å². The van der Waals surface area contributed by atoms with Gasteiger partial charge in [0.25, 0.3) is 5.91 Å². The number of amides is 1. The topological polar surface area (TPSA) is 84.7 Å². The fourth-order valence-electron chi connectivity index (χ4n) is 3.64. The Kier molecular flexibility index (Phi) is 4.72. The molecule has 0 aromatic carbocycles. The summed E-state index contributed by atoms with van der Waals surface area (Å²) in [5, 5.41) is 7.16. The highest BCUT2D eigenvalue weighted by molar-refractivity contribution is 6.08. The van der Waals surface area contributed by atoms with Crippen LogP contribution in [0.15, 0.2) is 30.6 Å². The summed E-state index contributed by atoms with van der Waals surface area (Å²) < 4.78 is 7.44. The minimum absolute atomic E-state index is 0.167. The normalized spacial score (nSPS) is 19.8. The molecule has 8 heteroatoms. The molecule has 3 aromatic heterocycles. The molecule has 1 aliphatic rings. The molecule has 0 radical (unpaired) electrons. The molecule has 1 saturated heterocycles. The SMILES string of the molecule is Cc1cc(C)n2ncc(C(=O)Nc3ccc(N4C[C@@H](C)O[C@H](C)C4)nc3)c2n1. The van der Waals surface area contributed by atoms with Crippen LogP contribution in [0.25, 0.3) is 5.65 Å². The summed E-state index contributed by atoms with van der Waals surface area (Å²) in [6.45, 7) is 9.56. The van der Waals surface area contributed by atoms with Crippen LogP contribution in [0.3, 0.4) is 0 Å². The van der Waals surface area contributed by atoms with E-state index < -0.39 is 0 Å². The number of anilines is 2. The molecule has 146 valence electrons. The third-order valence-electron chi connectivity index (χ3n) is 4.77. The molecule has 8 nitrogen and oxygen atoms in total. The standard InChI is InChI=1S/C20H24N6O2/c1-12-7-13(2)26-19(23-12)17(9-22-26)20(27)24-16-5-6-18(21-8-16)25-10-14(3)28-15(4)11-25/h5-9,14-15H,10-11H2,1-4H3,(H,24,27)/t14-,15-/m1/s1. The summed E-state index contributed by atoms with van der Waals surface area (Å²) in [6.07, 6.45) is 3.55. The molecule has 4 heterocycles. The summed E-state index contributed by atoms with van der Waals surface area (Å²) in [5.74, 6) is 0.625. The van der Waals surface area contributed by atoms with Gasteiger partial charge >= 0.3 is 0 Å². The maximum Gasteiger partial charge on any atom is 0.261 e. The van der Waals surface area contributed by atoms with E-state index in [0.29, 0.717) is 16.9 Å². The molecule has 1 aliphatic heterocycles. The van der Waals surface area contributed by atoms with Gasteiger partial charge in [-0.05, 0) is 45.9 Å². The zero-order valence-corrected chi connectivity index (χ0v) is 16.5. The average Bonchev–Trinajstić information content (AvgIpc) is 3.05. The highest BCUT2D eigenvalue weighted by Gasteiger charge is 2.23. The van der Waals surface area contributed by atoms with Crippen molar-refractivity contribution in [2.24, 2.45) is 0 Å². The molecule has 4 rings (SSSR count). The van der Waals surface area contributed by atoms with E-state index in [-0.39, 0.29) is 18.1 Å². The highest BCUT2D eigenvalue weighted by atomic mass is 16.5. The van der Waals surface area contributed by atoms with Gasteiger partial charge in [-0.25, -0.2) is 14.5 Å². The molecule has 0 spiro atoms. The molecule has 0 aliphatic carbocycles. The smallest absolute Gasteiger partial charge is 0.261 e. The number of hydrogen-bond acceptors (Lipinski definition) is 6. The molecule has 0 unspecified atom stereocenters. The number of nitrogens with one attached hydrogen (secondary N) is 1. The summed E-state index contributed by atoms with van der Waals surface area (Å²) in [7, 11) is 0. The van der Waals surface area contributed by atoms with Crippen molar-refractivity contribution >= 4 is 23.1 Å². The van der Waals surface area contributed by atoms with Crippen LogP contribution in [0.4, 0.5) is 11.5 Å². The van der Waals surface area contributed by atoms with Gasteiger partial charge in [0.15, 0.2) is 5.65 Å². The van der Waals surface area contributed by atoms with Crippen molar-refractivity contribution in [3.05, 3.63) is 47.5 Å². The van der Waals surface area contributed by atoms with Gasteiger partial charge in [-0.2, -0.15) is 5.10 Å². The summed E-state index contributed by atoms with van der Waals surface area (Å²) in [6, 6.07) is 5.71. The van der Waals surface area contributed by atoms with Crippen LogP contribution in [0.1, 0.15) is 35.6 Å². The van der Waals surface area contributed by atoms with Gasteiger partial charge in [-0.1, -0.05) is 0 Å². The van der Waals surface area contributed by atoms with E-state index in [0.717, 1.165) is 30.3 Å². The third kappa shape index (κ3) is 3.55. The van der Waals surface area contributed by atoms with Crippen molar-refractivity contribution in [3.8, 4) is 0 Å². The lowest BCUT2D eigenvalue weighted by atomic mass is 10.2. The highest BCUT2D eigenvalue weighted by Crippen LogP contribution is 2.20. The first-order valence-electron chi connectivity index (χ1n) is 9.40. The number of aryl methyl sites for hydroxylation is 2. The average molecular weight is 380 g/mol. The number of carbonyl (C=O) groups excluding carboxylic acids is 1. The number of ether oxygens (including phenoxy) is 1. The Morgan fingerprint density at radius 2 is 1.93 bits per heavy atom. The second kappa shape index (κ2) is 7.20. The number of hydrogen-bond donors (Lipinski definition) is 1. The predicted octanol–water partition coefficient (Wildman–Crippen LogP) is 2.61. The second-order valence-corrected chi connectivity index (χ2v) is 7.35. The van der Waals surface area contributed by atoms with Crippen LogP contribution < -0.4 is 10.2 Å². The Hall–Kier alpha value is -3.00. The summed E-state index contributed by atoms with van der Waals surface area (Å²) >= 11 is 0. The Bertz CT molecular complexity index is 1000. The van der Waals surface area contributed by atoms with Crippen molar-refractivity contribution in [2.45, 2.75) is 39.9 Å². The fourth-order valence-corrected chi connectivity index (χ4v) is 3.64. The van der Waals surface area contributed by atoms with Crippen molar-refractivity contribution < 1.29 is 9.53 Å². The Morgan fingerprint density at radius 3 is 2.61 bits per heavy atom. The maximum absolute atomic E-state index is 12.7. The number of pyridine rings is 1. The number of nitrogens with zero attached hydrogens (tertiary/aromatic N) is 5. The Morgan fingerprint density at radius 1 is 1.18 bits per heavy atom. The van der Waals surface area contributed by atoms with E-state index in [9.17, 15) is 4.79 Å². The first kappa shape index (κ1) is 18.4. The number of morpholine rings is 1. The van der Waals surface area contributed by atoms with Crippen LogP contribution in [0.5, 0.6) is 0 Å². The van der Waals surface area contributed by atoms with Crippen LogP contribution in [-0.2, 0) is 4.74 Å². The van der Waals surface area contributed by atoms with Crippen molar-refractivity contribution in [3.63, 3.8) is 0 Å². The van der Waals surface area contributed by atoms with Crippen molar-refractivity contribution in [1.29, 1.82) is 0 Å². The molecule has 28 heavy (non-hydrogen) atoms. The minimum Gasteiger partial charge on any atom is -0.372 e. The van der Waals surface area contributed by atoms with E-state index in [1.165, 1.54) is 0 Å². The molecule has 1 N–H and O–H groups in total. The van der Waals surface area contributed by atoms with Gasteiger partial charge in [-0.15, -0.1) is 0 Å². The monoisotopic (exact) mass is 380 g/mol. The third-order valence-corrected chi connectivity index (χ3v) is 4.77. The first-order chi connectivity index (χ1) is 13.4. The minimum atomic E-state index is -0.254. The second-order valence-electron chi connectivity index (χ2n) is 7.35. The molecular formula is C20H24N6O2. The fraction of sp³-hybridized carbons (Fsp3) is 0.400. The van der Waals surface area contributed by atoms with E-state index in [1.807, 2.05) is 32.0 Å². The number of aromatic nitrogens is 4. The van der Waals surface area contributed by atoms with Crippen LogP contribution >= 0.6 is 0 Å². The van der Waals surface area contributed by atoms with E-state index in [4.69, 9.17) is 4.74 Å². The zero-order chi connectivity index (χ0) is 19.8. The summed E-state index contributed by atoms with van der Waals surface area (Å²) in [4.78, 5) is 23.9. The van der Waals surface area contributed by atoms with E-state index in [2.05, 4.69) is 39.1 Å². The lowest BCUT2D eigenvalue weighted by Gasteiger charge is -2.36. The first-order valence-corrected chi connectivity index (χ1v) is 9.40. The molecule has 1 amide bonds. The lowest BCUT2D eigenvalue weighted by Crippen LogP contribution is -2.45. The quantitative estimate of drug-likeness (QED) is 0.752. The van der Waals surface area contributed by atoms with Gasteiger partial charge in [0.2, 0.25) is 0 Å². The maximum atomic E-state index is 12.7. The van der Waals surface area contributed by atoms with Gasteiger partial charge in [-0.3, -0.25) is 4.79 Å². The number of carbonyl (C=O) groups is 1. The van der Waals surface area contributed by atoms with Gasteiger partial charge in [0.05, 0.1) is 30.3 Å². The van der Waals surface area contributed by atoms with Crippen molar-refractivity contribution in [2.75, 3.05) is 23.3 Å². The van der Waals surface area contributed by atoms with Gasteiger partial charge < -0.3 is 15.0 Å². The molecule has 3 aromatic rings. The van der Waals surface area contributed by atoms with E-state index in [1.54, 1.807) is 16.9 Å². The van der Waals surface area contributed by atoms with Gasteiger partial charge in [0, 0.05) is 24.5 Å². The molecule has 0 bridgehead atoms. The van der Waals surface area contributed by atoms with E-state index >= 15 is 0 Å². The molecule has 2 atom stereocenters. The Balaban J connectivity index is 1.51. The number of fused-ring (bicyclic) bond motifs is 1. The predicted molar refractivity (Wildman–Crippen MR) is 107 cm³/mol. The molecule has 1 fully saturated rings.